The molecule has 0 aromatic heterocycles. The van der Waals surface area contributed by atoms with Crippen molar-refractivity contribution in [3.8, 4) is 0 Å². The van der Waals surface area contributed by atoms with Crippen LogP contribution in [-0.4, -0.2) is 6.61 Å². The highest BCUT2D eigenvalue weighted by atomic mass is 127. The second kappa shape index (κ2) is 3.67. The van der Waals surface area contributed by atoms with E-state index in [0.29, 0.717) is 0 Å². The molecule has 1 fully saturated rings. The topological polar surface area (TPSA) is 9.23 Å². The zero-order chi connectivity index (χ0) is 5.82. The van der Waals surface area contributed by atoms with Gasteiger partial charge in [0.15, 0.2) is 0 Å². The monoisotopic (exact) mass is 226 g/mol. The molecule has 0 radical (unpaired) electrons. The highest BCUT2D eigenvalue weighted by Crippen LogP contribution is 2.24. The van der Waals surface area contributed by atoms with Gasteiger partial charge >= 0.3 is 0 Å². The molecule has 1 saturated carbocycles. The lowest BCUT2D eigenvalue weighted by Crippen LogP contribution is -1.98. The first kappa shape index (κ1) is 6.81. The highest BCUT2D eigenvalue weighted by molar-refractivity contribution is 14.1. The first-order valence-corrected chi connectivity index (χ1v) is 4.05. The van der Waals surface area contributed by atoms with Gasteiger partial charge in [-0.3, -0.25) is 0 Å². The summed E-state index contributed by atoms with van der Waals surface area (Å²) >= 11 is 1.98. The third-order valence-electron chi connectivity index (χ3n) is 1.77. The van der Waals surface area contributed by atoms with Gasteiger partial charge in [0.2, 0.25) is 0 Å². The molecule has 8 heavy (non-hydrogen) atoms. The van der Waals surface area contributed by atoms with Gasteiger partial charge in [-0.25, -0.2) is 0 Å². The van der Waals surface area contributed by atoms with E-state index in [1.54, 1.807) is 0 Å². The van der Waals surface area contributed by atoms with Crippen LogP contribution in [0.1, 0.15) is 25.7 Å². The van der Waals surface area contributed by atoms with Crippen molar-refractivity contribution in [1.29, 1.82) is 0 Å². The second-order valence-electron chi connectivity index (χ2n) is 2.43. The fourth-order valence-electron chi connectivity index (χ4n) is 1.27. The summed E-state index contributed by atoms with van der Waals surface area (Å²) in [5.74, 6) is 0.881. The van der Waals surface area contributed by atoms with Gasteiger partial charge in [0.25, 0.3) is 0 Å². The van der Waals surface area contributed by atoms with E-state index in [4.69, 9.17) is 3.07 Å². The average molecular weight is 226 g/mol. The quantitative estimate of drug-likeness (QED) is 0.657. The van der Waals surface area contributed by atoms with Crippen LogP contribution in [0.4, 0.5) is 0 Å². The molecule has 0 spiro atoms. The lowest BCUT2D eigenvalue weighted by atomic mass is 10.1. The SMILES string of the molecule is IOCC1CCCC1. The van der Waals surface area contributed by atoms with E-state index in [-0.39, 0.29) is 0 Å². The Bertz CT molecular complexity index is 59.5. The highest BCUT2D eigenvalue weighted by Gasteiger charge is 2.13. The van der Waals surface area contributed by atoms with Crippen molar-refractivity contribution in [2.45, 2.75) is 25.7 Å². The second-order valence-corrected chi connectivity index (χ2v) is 3.05. The summed E-state index contributed by atoms with van der Waals surface area (Å²) in [7, 11) is 0. The summed E-state index contributed by atoms with van der Waals surface area (Å²) in [5, 5.41) is 0. The van der Waals surface area contributed by atoms with E-state index in [1.165, 1.54) is 25.7 Å². The Kier molecular flexibility index (Phi) is 3.12. The predicted molar refractivity (Wildman–Crippen MR) is 41.9 cm³/mol. The van der Waals surface area contributed by atoms with E-state index in [9.17, 15) is 0 Å². The lowest BCUT2D eigenvalue weighted by molar-refractivity contribution is 0.327. The fraction of sp³-hybridized carbons (Fsp3) is 1.00. The molecule has 0 heterocycles. The summed E-state index contributed by atoms with van der Waals surface area (Å²) in [4.78, 5) is 0. The summed E-state index contributed by atoms with van der Waals surface area (Å²) in [6, 6.07) is 0. The molecule has 1 rings (SSSR count). The van der Waals surface area contributed by atoms with Crippen molar-refractivity contribution < 1.29 is 3.07 Å². The molecule has 48 valence electrons. The minimum Gasteiger partial charge on any atom is -0.316 e. The van der Waals surface area contributed by atoms with Crippen LogP contribution in [0.3, 0.4) is 0 Å². The third-order valence-corrected chi connectivity index (χ3v) is 2.13. The van der Waals surface area contributed by atoms with Crippen molar-refractivity contribution in [3.63, 3.8) is 0 Å². The molecule has 2 heteroatoms. The molecule has 0 amide bonds. The molecule has 1 aliphatic carbocycles. The van der Waals surface area contributed by atoms with Gasteiger partial charge in [0.05, 0.1) is 6.61 Å². The summed E-state index contributed by atoms with van der Waals surface area (Å²) < 4.78 is 5.00. The first-order chi connectivity index (χ1) is 3.93. The third kappa shape index (κ3) is 1.90. The predicted octanol–water partition coefficient (Wildman–Crippen LogP) is 2.54. The summed E-state index contributed by atoms with van der Waals surface area (Å²) in [6.45, 7) is 0.973. The van der Waals surface area contributed by atoms with Crippen LogP contribution in [0, 0.1) is 5.92 Å². The smallest absolute Gasteiger partial charge is 0.109 e. The van der Waals surface area contributed by atoms with Crippen molar-refractivity contribution in [3.05, 3.63) is 0 Å². The van der Waals surface area contributed by atoms with E-state index >= 15 is 0 Å². The van der Waals surface area contributed by atoms with Gasteiger partial charge in [-0.15, -0.1) is 0 Å². The molecule has 0 saturated heterocycles. The zero-order valence-electron chi connectivity index (χ0n) is 4.90. The largest absolute Gasteiger partial charge is 0.316 e. The maximum absolute atomic E-state index is 5.00. The van der Waals surface area contributed by atoms with Crippen molar-refractivity contribution in [2.75, 3.05) is 6.61 Å². The molecular weight excluding hydrogens is 215 g/mol. The molecule has 0 aromatic carbocycles. The molecule has 0 bridgehead atoms. The standard InChI is InChI=1S/C6H11IO/c7-8-5-6-3-1-2-4-6/h6H,1-5H2. The van der Waals surface area contributed by atoms with Crippen molar-refractivity contribution in [1.82, 2.24) is 0 Å². The minimum absolute atomic E-state index is 0.881. The van der Waals surface area contributed by atoms with E-state index in [1.807, 2.05) is 23.0 Å². The Balaban J connectivity index is 2.06. The van der Waals surface area contributed by atoms with Gasteiger partial charge in [-0.2, -0.15) is 0 Å². The fourth-order valence-corrected chi connectivity index (χ4v) is 1.77. The Labute approximate surface area is 64.5 Å². The molecule has 1 aliphatic rings. The number of hydrogen-bond donors (Lipinski definition) is 0. The molecule has 1 nitrogen and oxygen atoms in total. The Morgan fingerprint density at radius 3 is 2.50 bits per heavy atom. The Morgan fingerprint density at radius 1 is 1.38 bits per heavy atom. The summed E-state index contributed by atoms with van der Waals surface area (Å²) in [5.41, 5.74) is 0. The average Bonchev–Trinajstić information content (AvgIpc) is 2.19. The van der Waals surface area contributed by atoms with Crippen LogP contribution in [-0.2, 0) is 3.07 Å². The molecule has 0 aliphatic heterocycles. The Hall–Kier alpha value is 0.690. The van der Waals surface area contributed by atoms with Gasteiger partial charge in [-0.05, 0) is 18.8 Å². The molecule has 0 N–H and O–H groups in total. The van der Waals surface area contributed by atoms with E-state index in [2.05, 4.69) is 0 Å². The molecule has 0 unspecified atom stereocenters. The van der Waals surface area contributed by atoms with Gasteiger partial charge in [0, 0.05) is 0 Å². The van der Waals surface area contributed by atoms with Crippen molar-refractivity contribution in [2.24, 2.45) is 5.92 Å². The van der Waals surface area contributed by atoms with Crippen LogP contribution < -0.4 is 0 Å². The summed E-state index contributed by atoms with van der Waals surface area (Å²) in [6.07, 6.45) is 5.63. The normalized spacial score (nSPS) is 22.1. The molecule has 0 atom stereocenters. The van der Waals surface area contributed by atoms with Gasteiger partial charge < -0.3 is 3.07 Å². The molecule has 0 aromatic rings. The van der Waals surface area contributed by atoms with Crippen LogP contribution in [0.15, 0.2) is 0 Å². The van der Waals surface area contributed by atoms with E-state index < -0.39 is 0 Å². The Morgan fingerprint density at radius 2 is 2.00 bits per heavy atom. The number of rotatable bonds is 2. The van der Waals surface area contributed by atoms with Crippen LogP contribution in [0.5, 0.6) is 0 Å². The number of hydrogen-bond acceptors (Lipinski definition) is 1. The first-order valence-electron chi connectivity index (χ1n) is 3.17. The van der Waals surface area contributed by atoms with Crippen molar-refractivity contribution >= 4 is 23.0 Å². The van der Waals surface area contributed by atoms with Crippen LogP contribution >= 0.6 is 23.0 Å². The molecular formula is C6H11IO. The van der Waals surface area contributed by atoms with E-state index in [0.717, 1.165) is 12.5 Å². The number of halogens is 1. The lowest BCUT2D eigenvalue weighted by Gasteiger charge is -2.02. The van der Waals surface area contributed by atoms with Crippen LogP contribution in [0.25, 0.3) is 0 Å². The zero-order valence-corrected chi connectivity index (χ0v) is 7.06. The van der Waals surface area contributed by atoms with Crippen LogP contribution in [0.2, 0.25) is 0 Å². The minimum atomic E-state index is 0.881. The van der Waals surface area contributed by atoms with Gasteiger partial charge in [-0.1, -0.05) is 12.8 Å². The maximum atomic E-state index is 5.00. The maximum Gasteiger partial charge on any atom is 0.109 e. The van der Waals surface area contributed by atoms with Gasteiger partial charge in [0.1, 0.15) is 23.0 Å².